The zero-order valence-electron chi connectivity index (χ0n) is 22.4. The summed E-state index contributed by atoms with van der Waals surface area (Å²) in [6.45, 7) is 3.28. The average Bonchev–Trinajstić information content (AvgIpc) is 3.43. The van der Waals surface area contributed by atoms with Gasteiger partial charge in [0.1, 0.15) is 17.6 Å². The maximum Gasteiger partial charge on any atom is 0.234 e. The van der Waals surface area contributed by atoms with E-state index in [2.05, 4.69) is 66.1 Å². The van der Waals surface area contributed by atoms with Crippen LogP contribution in [0.2, 0.25) is 0 Å². The predicted octanol–water partition coefficient (Wildman–Crippen LogP) is 5.37. The Bertz CT molecular complexity index is 1720. The number of fused-ring (bicyclic) bond motifs is 3. The van der Waals surface area contributed by atoms with Crippen LogP contribution in [-0.4, -0.2) is 48.5 Å². The minimum Gasteiger partial charge on any atom is -0.470 e. The van der Waals surface area contributed by atoms with Crippen LogP contribution in [0.3, 0.4) is 0 Å². The average molecular weight is 541 g/mol. The molecule has 2 aromatic carbocycles. The Morgan fingerprint density at radius 1 is 0.854 bits per heavy atom. The van der Waals surface area contributed by atoms with Gasteiger partial charge in [-0.3, -0.25) is 9.47 Å². The molecule has 1 fully saturated rings. The molecule has 0 radical (unpaired) electrons. The molecule has 202 valence electrons. The summed E-state index contributed by atoms with van der Waals surface area (Å²) in [5.41, 5.74) is 6.16. The Morgan fingerprint density at radius 3 is 2.49 bits per heavy atom. The van der Waals surface area contributed by atoms with E-state index < -0.39 is 0 Å². The second-order valence-electron chi connectivity index (χ2n) is 10.3. The van der Waals surface area contributed by atoms with E-state index in [1.165, 1.54) is 5.56 Å². The lowest BCUT2D eigenvalue weighted by Gasteiger charge is -2.32. The molecule has 9 nitrogen and oxygen atoms in total. The highest BCUT2D eigenvalue weighted by Gasteiger charge is 2.27. The molecule has 7 rings (SSSR count). The topological polar surface area (TPSA) is 105 Å². The van der Waals surface area contributed by atoms with Crippen molar-refractivity contribution in [2.45, 2.75) is 32.2 Å². The highest BCUT2D eigenvalue weighted by atomic mass is 16.5. The van der Waals surface area contributed by atoms with Gasteiger partial charge < -0.3 is 10.1 Å². The van der Waals surface area contributed by atoms with E-state index in [4.69, 9.17) is 15.0 Å². The van der Waals surface area contributed by atoms with Crippen molar-refractivity contribution in [3.05, 3.63) is 96.6 Å². The van der Waals surface area contributed by atoms with Crippen LogP contribution >= 0.6 is 0 Å². The van der Waals surface area contributed by atoms with Crippen molar-refractivity contribution >= 4 is 5.82 Å². The van der Waals surface area contributed by atoms with Gasteiger partial charge >= 0.3 is 0 Å². The van der Waals surface area contributed by atoms with Crippen molar-refractivity contribution in [1.29, 1.82) is 5.26 Å². The van der Waals surface area contributed by atoms with Crippen LogP contribution < -0.4 is 10.1 Å². The van der Waals surface area contributed by atoms with E-state index in [0.717, 1.165) is 72.3 Å². The first-order valence-corrected chi connectivity index (χ1v) is 13.8. The fraction of sp³-hybridized carbons (Fsp3) is 0.219. The number of pyridine rings is 1. The van der Waals surface area contributed by atoms with Crippen molar-refractivity contribution in [3.63, 3.8) is 0 Å². The molecule has 1 N–H and O–H groups in total. The van der Waals surface area contributed by atoms with Gasteiger partial charge in [-0.05, 0) is 36.6 Å². The summed E-state index contributed by atoms with van der Waals surface area (Å²) >= 11 is 0. The smallest absolute Gasteiger partial charge is 0.234 e. The van der Waals surface area contributed by atoms with Gasteiger partial charge in [0.2, 0.25) is 5.82 Å². The summed E-state index contributed by atoms with van der Waals surface area (Å²) in [7, 11) is 0. The minimum atomic E-state index is 0.192. The first-order chi connectivity index (χ1) is 20.2. The molecular formula is C32H28N8O. The van der Waals surface area contributed by atoms with E-state index in [-0.39, 0.29) is 5.82 Å². The molecule has 0 aliphatic carbocycles. The molecule has 0 saturated carbocycles. The molecule has 5 aromatic rings. The molecule has 0 unspecified atom stereocenters. The van der Waals surface area contributed by atoms with E-state index in [1.807, 2.05) is 42.5 Å². The molecule has 0 bridgehead atoms. The van der Waals surface area contributed by atoms with Crippen molar-refractivity contribution in [3.8, 4) is 45.9 Å². The number of nitrogens with zero attached hydrogens (tertiary/aromatic N) is 7. The maximum absolute atomic E-state index is 9.04. The Hall–Kier alpha value is -5.07. The lowest BCUT2D eigenvalue weighted by Crippen LogP contribution is -2.38. The third-order valence-corrected chi connectivity index (χ3v) is 7.68. The molecule has 3 aromatic heterocycles. The third-order valence-electron chi connectivity index (χ3n) is 7.68. The molecule has 5 heterocycles. The summed E-state index contributed by atoms with van der Waals surface area (Å²) in [5.74, 6) is 2.49. The largest absolute Gasteiger partial charge is 0.470 e. The molecular weight excluding hydrogens is 512 g/mol. The second-order valence-corrected chi connectivity index (χ2v) is 10.3. The van der Waals surface area contributed by atoms with Gasteiger partial charge in [0, 0.05) is 49.2 Å². The van der Waals surface area contributed by atoms with Crippen LogP contribution in [0.5, 0.6) is 5.75 Å². The molecule has 1 saturated heterocycles. The summed E-state index contributed by atoms with van der Waals surface area (Å²) in [6, 6.07) is 27.1. The Morgan fingerprint density at radius 2 is 1.68 bits per heavy atom. The summed E-state index contributed by atoms with van der Waals surface area (Å²) in [5, 5.41) is 12.5. The van der Waals surface area contributed by atoms with Gasteiger partial charge in [0.05, 0.1) is 11.4 Å². The van der Waals surface area contributed by atoms with Gasteiger partial charge in [-0.15, -0.1) is 0 Å². The van der Waals surface area contributed by atoms with Crippen molar-refractivity contribution in [1.82, 2.24) is 29.4 Å². The quantitative estimate of drug-likeness (QED) is 0.307. The monoisotopic (exact) mass is 540 g/mol. The molecule has 0 spiro atoms. The number of anilines is 1. The Kier molecular flexibility index (Phi) is 6.59. The number of benzene rings is 2. The van der Waals surface area contributed by atoms with Crippen LogP contribution in [0, 0.1) is 11.3 Å². The fourth-order valence-electron chi connectivity index (χ4n) is 5.62. The molecule has 2 aliphatic rings. The highest BCUT2D eigenvalue weighted by molar-refractivity contribution is 5.82. The summed E-state index contributed by atoms with van der Waals surface area (Å²) < 4.78 is 8.17. The first kappa shape index (κ1) is 24.9. The first-order valence-electron chi connectivity index (χ1n) is 13.8. The van der Waals surface area contributed by atoms with E-state index in [9.17, 15) is 0 Å². The zero-order valence-corrected chi connectivity index (χ0v) is 22.4. The number of imidazole rings is 1. The summed E-state index contributed by atoms with van der Waals surface area (Å²) in [6.07, 6.45) is 5.44. The van der Waals surface area contributed by atoms with E-state index >= 15 is 0 Å². The number of nitriles is 1. The Labute approximate surface area is 238 Å². The SMILES string of the molecule is N#Cc1nccc(NC2CCN(Cc3ccc(-c4nc5n(c4-c4ccccc4)COc4cccnc4-5)cc3)CC2)n1. The molecule has 0 amide bonds. The van der Waals surface area contributed by atoms with Crippen LogP contribution in [0.25, 0.3) is 34.0 Å². The van der Waals surface area contributed by atoms with Gasteiger partial charge in [0.15, 0.2) is 18.3 Å². The van der Waals surface area contributed by atoms with Crippen LogP contribution in [0.1, 0.15) is 24.2 Å². The minimum absolute atomic E-state index is 0.192. The fourth-order valence-corrected chi connectivity index (χ4v) is 5.62. The maximum atomic E-state index is 9.04. The number of ether oxygens (including phenoxy) is 1. The standard InChI is InChI=1S/C32H28N8O/c33-19-28-34-16-12-27(37-28)36-25-13-17-39(18-14-25)20-22-8-10-23(11-9-22)29-31(24-5-2-1-3-6-24)40-21-41-26-7-4-15-35-30(26)32(40)38-29/h1-12,15-16,25H,13-14,17-18,20-21H2,(H,34,36,37). The number of aromatic nitrogens is 5. The number of piperidine rings is 1. The summed E-state index contributed by atoms with van der Waals surface area (Å²) in [4.78, 5) is 20.4. The number of hydrogen-bond donors (Lipinski definition) is 1. The lowest BCUT2D eigenvalue weighted by atomic mass is 10.0. The second kappa shape index (κ2) is 10.8. The van der Waals surface area contributed by atoms with Crippen molar-refractivity contribution in [2.24, 2.45) is 0 Å². The number of likely N-dealkylation sites (tertiary alicyclic amines) is 1. The molecule has 9 heteroatoms. The molecule has 41 heavy (non-hydrogen) atoms. The van der Waals surface area contributed by atoms with Gasteiger partial charge in [-0.1, -0.05) is 54.6 Å². The number of rotatable bonds is 6. The number of hydrogen-bond acceptors (Lipinski definition) is 8. The lowest BCUT2D eigenvalue weighted by molar-refractivity contribution is 0.211. The normalized spacial score (nSPS) is 14.9. The third kappa shape index (κ3) is 5.01. The van der Waals surface area contributed by atoms with E-state index in [1.54, 1.807) is 12.4 Å². The highest BCUT2D eigenvalue weighted by Crippen LogP contribution is 2.40. The van der Waals surface area contributed by atoms with Gasteiger partial charge in [-0.25, -0.2) is 19.9 Å². The molecule has 2 aliphatic heterocycles. The van der Waals surface area contributed by atoms with Crippen molar-refractivity contribution in [2.75, 3.05) is 18.4 Å². The van der Waals surface area contributed by atoms with E-state index in [0.29, 0.717) is 18.6 Å². The predicted molar refractivity (Wildman–Crippen MR) is 156 cm³/mol. The molecule has 0 atom stereocenters. The van der Waals surface area contributed by atoms with Crippen LogP contribution in [0.15, 0.2) is 85.2 Å². The van der Waals surface area contributed by atoms with Crippen molar-refractivity contribution < 1.29 is 4.74 Å². The van der Waals surface area contributed by atoms with Crippen LogP contribution in [-0.2, 0) is 13.3 Å². The van der Waals surface area contributed by atoms with Gasteiger partial charge in [-0.2, -0.15) is 5.26 Å². The Balaban J connectivity index is 1.08. The van der Waals surface area contributed by atoms with Crippen LogP contribution in [0.4, 0.5) is 5.82 Å². The zero-order chi connectivity index (χ0) is 27.6. The van der Waals surface area contributed by atoms with Gasteiger partial charge in [0.25, 0.3) is 0 Å². The number of nitrogens with one attached hydrogen (secondary N) is 1.